The summed E-state index contributed by atoms with van der Waals surface area (Å²) in [7, 11) is 0. The van der Waals surface area contributed by atoms with Crippen LogP contribution in [-0.4, -0.2) is 31.2 Å². The molecule has 0 aromatic heterocycles. The van der Waals surface area contributed by atoms with Crippen LogP contribution in [0, 0.1) is 6.92 Å². The first-order chi connectivity index (χ1) is 18.3. The number of ether oxygens (including phenoxy) is 4. The van der Waals surface area contributed by atoms with Crippen LogP contribution in [0.2, 0.25) is 0 Å². The number of aryl methyl sites for hydroxylation is 1. The maximum absolute atomic E-state index is 13.4. The number of hydrogen-bond donors (Lipinski definition) is 1. The van der Waals surface area contributed by atoms with Gasteiger partial charge in [0.2, 0.25) is 6.79 Å². The second kappa shape index (κ2) is 10.6. The molecule has 3 aromatic carbocycles. The van der Waals surface area contributed by atoms with E-state index < -0.39 is 17.8 Å². The Hall–Kier alpha value is -4.31. The topological polar surface area (TPSA) is 103 Å². The van der Waals surface area contributed by atoms with Crippen molar-refractivity contribution in [2.24, 2.45) is 0 Å². The van der Waals surface area contributed by atoms with E-state index in [9.17, 15) is 14.4 Å². The van der Waals surface area contributed by atoms with Gasteiger partial charge in [0, 0.05) is 10.5 Å². The highest BCUT2D eigenvalue weighted by molar-refractivity contribution is 9.10. The monoisotopic (exact) mass is 578 g/mol. The van der Waals surface area contributed by atoms with Gasteiger partial charge in [-0.1, -0.05) is 45.8 Å². The lowest BCUT2D eigenvalue weighted by Crippen LogP contribution is -2.54. The van der Waals surface area contributed by atoms with Gasteiger partial charge in [-0.3, -0.25) is 14.9 Å². The number of fused-ring (bicyclic) bond motifs is 1. The van der Waals surface area contributed by atoms with Gasteiger partial charge in [0.25, 0.3) is 11.8 Å². The van der Waals surface area contributed by atoms with Crippen molar-refractivity contribution in [1.82, 2.24) is 5.32 Å². The van der Waals surface area contributed by atoms with Gasteiger partial charge in [-0.2, -0.15) is 0 Å². The minimum atomic E-state index is -0.857. The molecular weight excluding hydrogens is 556 g/mol. The number of carbonyl (C=O) groups excluding carboxylic acids is 3. The predicted octanol–water partition coefficient (Wildman–Crippen LogP) is 5.13. The molecule has 2 aliphatic heterocycles. The molecule has 1 fully saturated rings. The predicted molar refractivity (Wildman–Crippen MR) is 142 cm³/mol. The van der Waals surface area contributed by atoms with Crippen LogP contribution < -0.4 is 29.2 Å². The van der Waals surface area contributed by atoms with Crippen LogP contribution in [0.1, 0.15) is 23.6 Å². The summed E-state index contributed by atoms with van der Waals surface area (Å²) in [6.45, 7) is 4.62. The Morgan fingerprint density at radius 3 is 2.47 bits per heavy atom. The first kappa shape index (κ1) is 25.3. The molecule has 0 atom stereocenters. The molecule has 3 aromatic rings. The minimum absolute atomic E-state index is 0.0451. The fourth-order valence-electron chi connectivity index (χ4n) is 3.96. The molecule has 5 rings (SSSR count). The van der Waals surface area contributed by atoms with E-state index >= 15 is 0 Å². The van der Waals surface area contributed by atoms with Crippen molar-refractivity contribution in [3.05, 3.63) is 81.3 Å². The molecule has 0 unspecified atom stereocenters. The number of anilines is 1. The van der Waals surface area contributed by atoms with Crippen LogP contribution in [0.5, 0.6) is 23.0 Å². The second-order valence-electron chi connectivity index (χ2n) is 8.52. The highest BCUT2D eigenvalue weighted by Gasteiger charge is 2.37. The van der Waals surface area contributed by atoms with Gasteiger partial charge >= 0.3 is 6.03 Å². The van der Waals surface area contributed by atoms with E-state index in [1.165, 1.54) is 12.1 Å². The van der Waals surface area contributed by atoms with Gasteiger partial charge in [-0.05, 0) is 55.3 Å². The fraction of sp³-hybridized carbons (Fsp3) is 0.179. The molecule has 2 heterocycles. The molecule has 0 spiro atoms. The van der Waals surface area contributed by atoms with Crippen molar-refractivity contribution < 1.29 is 33.3 Å². The zero-order chi connectivity index (χ0) is 26.8. The second-order valence-corrected chi connectivity index (χ2v) is 9.38. The molecule has 0 saturated carbocycles. The van der Waals surface area contributed by atoms with Crippen LogP contribution in [-0.2, 0) is 16.2 Å². The average molecular weight is 579 g/mol. The van der Waals surface area contributed by atoms with E-state index in [-0.39, 0.29) is 18.1 Å². The molecule has 4 amide bonds. The molecule has 0 aliphatic carbocycles. The lowest BCUT2D eigenvalue weighted by molar-refractivity contribution is -0.122. The Balaban J connectivity index is 1.45. The number of barbiturate groups is 1. The number of rotatable bonds is 7. The quantitative estimate of drug-likeness (QED) is 0.306. The largest absolute Gasteiger partial charge is 0.490 e. The lowest BCUT2D eigenvalue weighted by atomic mass is 10.1. The number of imide groups is 2. The van der Waals surface area contributed by atoms with Crippen LogP contribution in [0.4, 0.5) is 10.5 Å². The highest BCUT2D eigenvalue weighted by Crippen LogP contribution is 2.38. The SMILES string of the molecule is CCOc1cc(/C=C2\C(=O)NC(=O)N(c3ccc4c(c3)OCO4)C2=O)c(Br)cc1OCc1ccc(C)cc1. The van der Waals surface area contributed by atoms with E-state index in [2.05, 4.69) is 21.2 Å². The van der Waals surface area contributed by atoms with Gasteiger partial charge in [0.15, 0.2) is 23.0 Å². The van der Waals surface area contributed by atoms with Gasteiger partial charge in [-0.25, -0.2) is 9.69 Å². The molecule has 9 nitrogen and oxygen atoms in total. The number of hydrogen-bond acceptors (Lipinski definition) is 7. The van der Waals surface area contributed by atoms with Crippen molar-refractivity contribution in [1.29, 1.82) is 0 Å². The molecule has 2 aliphatic rings. The van der Waals surface area contributed by atoms with Crippen molar-refractivity contribution in [3.8, 4) is 23.0 Å². The van der Waals surface area contributed by atoms with Gasteiger partial charge in [0.1, 0.15) is 12.2 Å². The Kier molecular flexibility index (Phi) is 7.06. The van der Waals surface area contributed by atoms with E-state index in [0.717, 1.165) is 16.0 Å². The Bertz CT molecular complexity index is 1470. The van der Waals surface area contributed by atoms with Crippen molar-refractivity contribution >= 4 is 45.5 Å². The summed E-state index contributed by atoms with van der Waals surface area (Å²) < 4.78 is 23.0. The zero-order valence-electron chi connectivity index (χ0n) is 20.6. The summed E-state index contributed by atoms with van der Waals surface area (Å²) in [5, 5.41) is 2.22. The first-order valence-corrected chi connectivity index (χ1v) is 12.6. The molecule has 10 heteroatoms. The lowest BCUT2D eigenvalue weighted by Gasteiger charge is -2.26. The molecule has 38 heavy (non-hydrogen) atoms. The van der Waals surface area contributed by atoms with E-state index in [0.29, 0.717) is 46.2 Å². The molecule has 1 saturated heterocycles. The summed E-state index contributed by atoms with van der Waals surface area (Å²) in [5.41, 5.74) is 2.67. The van der Waals surface area contributed by atoms with Gasteiger partial charge in [-0.15, -0.1) is 0 Å². The van der Waals surface area contributed by atoms with Crippen LogP contribution in [0.15, 0.2) is 64.6 Å². The molecule has 1 N–H and O–H groups in total. The summed E-state index contributed by atoms with van der Waals surface area (Å²) in [6.07, 6.45) is 1.40. The molecule has 0 bridgehead atoms. The van der Waals surface area contributed by atoms with Crippen molar-refractivity contribution in [3.63, 3.8) is 0 Å². The normalized spacial score (nSPS) is 15.6. The maximum atomic E-state index is 13.4. The minimum Gasteiger partial charge on any atom is -0.490 e. The smallest absolute Gasteiger partial charge is 0.335 e. The summed E-state index contributed by atoms with van der Waals surface area (Å²) in [6, 6.07) is 15.2. The first-order valence-electron chi connectivity index (χ1n) is 11.8. The Labute approximate surface area is 227 Å². The number of nitrogens with zero attached hydrogens (tertiary/aromatic N) is 1. The third-order valence-corrected chi connectivity index (χ3v) is 6.58. The number of amides is 4. The third-order valence-electron chi connectivity index (χ3n) is 5.89. The number of halogens is 1. The van der Waals surface area contributed by atoms with Crippen LogP contribution in [0.25, 0.3) is 6.08 Å². The standard InChI is InChI=1S/C28H23BrN2O7/c1-3-35-23-11-18(21(29)13-25(23)36-14-17-6-4-16(2)5-7-17)10-20-26(32)30-28(34)31(27(20)33)19-8-9-22-24(12-19)38-15-37-22/h4-13H,3,14-15H2,1-2H3,(H,30,32,34)/b20-10+. The van der Waals surface area contributed by atoms with Crippen molar-refractivity contribution in [2.75, 3.05) is 18.3 Å². The summed E-state index contributed by atoms with van der Waals surface area (Å²) in [4.78, 5) is 39.5. The van der Waals surface area contributed by atoms with Crippen molar-refractivity contribution in [2.45, 2.75) is 20.5 Å². The molecule has 0 radical (unpaired) electrons. The summed E-state index contributed by atoms with van der Waals surface area (Å²) >= 11 is 3.51. The zero-order valence-corrected chi connectivity index (χ0v) is 22.2. The maximum Gasteiger partial charge on any atom is 0.335 e. The summed E-state index contributed by atoms with van der Waals surface area (Å²) in [5.74, 6) is 0.266. The number of nitrogens with one attached hydrogen (secondary N) is 1. The molecule has 194 valence electrons. The Morgan fingerprint density at radius 2 is 1.71 bits per heavy atom. The van der Waals surface area contributed by atoms with Gasteiger partial charge in [0.05, 0.1) is 12.3 Å². The third kappa shape index (κ3) is 5.08. The Morgan fingerprint density at radius 1 is 0.974 bits per heavy atom. The van der Waals surface area contributed by atoms with Crippen LogP contribution >= 0.6 is 15.9 Å². The van der Waals surface area contributed by atoms with E-state index in [4.69, 9.17) is 18.9 Å². The van der Waals surface area contributed by atoms with Gasteiger partial charge < -0.3 is 18.9 Å². The molecular formula is C28H23BrN2O7. The fourth-order valence-corrected chi connectivity index (χ4v) is 4.40. The van der Waals surface area contributed by atoms with E-state index in [1.807, 2.05) is 38.1 Å². The highest BCUT2D eigenvalue weighted by atomic mass is 79.9. The van der Waals surface area contributed by atoms with E-state index in [1.54, 1.807) is 24.3 Å². The number of benzene rings is 3. The average Bonchev–Trinajstić information content (AvgIpc) is 3.36. The number of carbonyl (C=O) groups is 3. The van der Waals surface area contributed by atoms with Crippen LogP contribution in [0.3, 0.4) is 0 Å². The number of urea groups is 1.